The van der Waals surface area contributed by atoms with Crippen LogP contribution < -0.4 is 5.32 Å². The van der Waals surface area contributed by atoms with Gasteiger partial charge in [-0.3, -0.25) is 4.79 Å². The SMILES string of the molecule is Cc1cc(/C=C/C(=O)OCC(=O)Nc2ccc(CC#N)cc2)c(C)n1C1CC1. The topological polar surface area (TPSA) is 84.1 Å². The number of ether oxygens (including phenoxy) is 1. The minimum atomic E-state index is -0.559. The molecule has 6 nitrogen and oxygen atoms in total. The normalized spacial score (nSPS) is 13.3. The average molecular weight is 377 g/mol. The summed E-state index contributed by atoms with van der Waals surface area (Å²) in [5, 5.41) is 11.3. The summed E-state index contributed by atoms with van der Waals surface area (Å²) < 4.78 is 7.32. The van der Waals surface area contributed by atoms with E-state index >= 15 is 0 Å². The first-order valence-corrected chi connectivity index (χ1v) is 9.27. The number of nitrogens with one attached hydrogen (secondary N) is 1. The van der Waals surface area contributed by atoms with Gasteiger partial charge in [-0.2, -0.15) is 5.26 Å². The molecule has 1 aromatic heterocycles. The van der Waals surface area contributed by atoms with E-state index in [1.165, 1.54) is 24.6 Å². The molecule has 1 heterocycles. The van der Waals surface area contributed by atoms with Crippen molar-refractivity contribution in [3.8, 4) is 6.07 Å². The average Bonchev–Trinajstić information content (AvgIpc) is 3.46. The van der Waals surface area contributed by atoms with Gasteiger partial charge in [0.1, 0.15) is 0 Å². The number of benzene rings is 1. The number of amides is 1. The van der Waals surface area contributed by atoms with Gasteiger partial charge in [-0.05, 0) is 62.1 Å². The minimum Gasteiger partial charge on any atom is -0.452 e. The minimum absolute atomic E-state index is 0.321. The molecule has 0 unspecified atom stereocenters. The van der Waals surface area contributed by atoms with Crippen molar-refractivity contribution in [1.82, 2.24) is 4.57 Å². The molecule has 144 valence electrons. The number of carbonyl (C=O) groups excluding carboxylic acids is 2. The number of aromatic nitrogens is 1. The van der Waals surface area contributed by atoms with Crippen LogP contribution in [0.2, 0.25) is 0 Å². The van der Waals surface area contributed by atoms with Crippen LogP contribution in [0.1, 0.15) is 41.4 Å². The monoisotopic (exact) mass is 377 g/mol. The number of carbonyl (C=O) groups is 2. The summed E-state index contributed by atoms with van der Waals surface area (Å²) in [7, 11) is 0. The lowest BCUT2D eigenvalue weighted by Gasteiger charge is -2.07. The van der Waals surface area contributed by atoms with Crippen LogP contribution in [0.4, 0.5) is 5.69 Å². The smallest absolute Gasteiger partial charge is 0.331 e. The second-order valence-corrected chi connectivity index (χ2v) is 6.95. The highest BCUT2D eigenvalue weighted by atomic mass is 16.5. The molecule has 0 aliphatic heterocycles. The molecular weight excluding hydrogens is 354 g/mol. The Bertz CT molecular complexity index is 945. The standard InChI is InChI=1S/C22H23N3O3/c1-15-13-18(16(2)25(15)20-8-9-20)5-10-22(27)28-14-21(26)24-19-6-3-17(4-7-19)11-12-23/h3-7,10,13,20H,8-9,11,14H2,1-2H3,(H,24,26)/b10-5+. The summed E-state index contributed by atoms with van der Waals surface area (Å²) in [4.78, 5) is 23.8. The van der Waals surface area contributed by atoms with Crippen molar-refractivity contribution in [2.75, 3.05) is 11.9 Å². The first kappa shape index (κ1) is 19.4. The van der Waals surface area contributed by atoms with Crippen LogP contribution >= 0.6 is 0 Å². The number of aryl methyl sites for hydroxylation is 1. The molecule has 0 atom stereocenters. The summed E-state index contributed by atoms with van der Waals surface area (Å²) in [5.74, 6) is -0.975. The molecule has 6 heteroatoms. The summed E-state index contributed by atoms with van der Waals surface area (Å²) in [6, 6.07) is 11.7. The van der Waals surface area contributed by atoms with E-state index in [4.69, 9.17) is 10.00 Å². The van der Waals surface area contributed by atoms with Crippen molar-refractivity contribution < 1.29 is 14.3 Å². The van der Waals surface area contributed by atoms with Gasteiger partial charge in [-0.15, -0.1) is 0 Å². The molecule has 2 aromatic rings. The van der Waals surface area contributed by atoms with E-state index in [9.17, 15) is 9.59 Å². The Balaban J connectivity index is 1.48. The Morgan fingerprint density at radius 1 is 1.29 bits per heavy atom. The van der Waals surface area contributed by atoms with Gasteiger partial charge in [0.25, 0.3) is 5.91 Å². The maximum Gasteiger partial charge on any atom is 0.331 e. The van der Waals surface area contributed by atoms with Crippen LogP contribution in [0, 0.1) is 25.2 Å². The zero-order chi connectivity index (χ0) is 20.1. The number of esters is 1. The van der Waals surface area contributed by atoms with Gasteiger partial charge in [-0.1, -0.05) is 12.1 Å². The second-order valence-electron chi connectivity index (χ2n) is 6.95. The highest BCUT2D eigenvalue weighted by Gasteiger charge is 2.26. The van der Waals surface area contributed by atoms with Gasteiger partial charge in [0.2, 0.25) is 0 Å². The molecule has 3 rings (SSSR count). The number of hydrogen-bond acceptors (Lipinski definition) is 4. The third kappa shape index (κ3) is 4.89. The van der Waals surface area contributed by atoms with Gasteiger partial charge < -0.3 is 14.6 Å². The third-order valence-electron chi connectivity index (χ3n) is 4.70. The van der Waals surface area contributed by atoms with Crippen LogP contribution in [-0.4, -0.2) is 23.1 Å². The maximum atomic E-state index is 11.9. The Labute approximate surface area is 164 Å². The van der Waals surface area contributed by atoms with Crippen molar-refractivity contribution in [2.45, 2.75) is 39.2 Å². The molecule has 0 radical (unpaired) electrons. The molecule has 28 heavy (non-hydrogen) atoms. The highest BCUT2D eigenvalue weighted by molar-refractivity contribution is 5.94. The Morgan fingerprint density at radius 2 is 2.00 bits per heavy atom. The van der Waals surface area contributed by atoms with Gasteiger partial charge in [0.05, 0.1) is 12.5 Å². The Hall–Kier alpha value is -3.33. The number of rotatable bonds is 7. The van der Waals surface area contributed by atoms with Crippen LogP contribution in [0.5, 0.6) is 0 Å². The fraction of sp³-hybridized carbons (Fsp3) is 0.318. The predicted octanol–water partition coefficient (Wildman–Crippen LogP) is 3.70. The number of anilines is 1. The number of hydrogen-bond donors (Lipinski definition) is 1. The highest BCUT2D eigenvalue weighted by Crippen LogP contribution is 2.38. The summed E-state index contributed by atoms with van der Waals surface area (Å²) in [5.41, 5.74) is 4.78. The fourth-order valence-corrected chi connectivity index (χ4v) is 3.20. The fourth-order valence-electron chi connectivity index (χ4n) is 3.20. The van der Waals surface area contributed by atoms with Crippen LogP contribution in [0.25, 0.3) is 6.08 Å². The number of nitriles is 1. The van der Waals surface area contributed by atoms with Gasteiger partial charge >= 0.3 is 5.97 Å². The van der Waals surface area contributed by atoms with E-state index < -0.39 is 11.9 Å². The molecule has 1 aliphatic rings. The van der Waals surface area contributed by atoms with Gasteiger partial charge in [-0.25, -0.2) is 4.79 Å². The zero-order valence-electron chi connectivity index (χ0n) is 16.1. The first-order valence-electron chi connectivity index (χ1n) is 9.27. The van der Waals surface area contributed by atoms with Crippen LogP contribution in [0.3, 0.4) is 0 Å². The second kappa shape index (κ2) is 8.57. The molecule has 1 N–H and O–H groups in total. The van der Waals surface area contributed by atoms with E-state index in [1.54, 1.807) is 30.3 Å². The van der Waals surface area contributed by atoms with Crippen molar-refractivity contribution in [1.29, 1.82) is 5.26 Å². The predicted molar refractivity (Wildman–Crippen MR) is 107 cm³/mol. The zero-order valence-corrected chi connectivity index (χ0v) is 16.1. The molecular formula is C22H23N3O3. The summed E-state index contributed by atoms with van der Waals surface area (Å²) >= 11 is 0. The van der Waals surface area contributed by atoms with Crippen LogP contribution in [-0.2, 0) is 20.7 Å². The Morgan fingerprint density at radius 3 is 2.64 bits per heavy atom. The molecule has 1 saturated carbocycles. The van der Waals surface area contributed by atoms with Gasteiger partial charge in [0, 0.05) is 29.2 Å². The largest absolute Gasteiger partial charge is 0.452 e. The van der Waals surface area contributed by atoms with E-state index in [0.29, 0.717) is 18.2 Å². The lowest BCUT2D eigenvalue weighted by Crippen LogP contribution is -2.20. The summed E-state index contributed by atoms with van der Waals surface area (Å²) in [6.45, 7) is 3.76. The lowest BCUT2D eigenvalue weighted by atomic mass is 10.1. The molecule has 1 amide bonds. The third-order valence-corrected chi connectivity index (χ3v) is 4.70. The Kier molecular flexibility index (Phi) is 5.95. The molecule has 0 saturated heterocycles. The van der Waals surface area contributed by atoms with E-state index in [-0.39, 0.29) is 6.61 Å². The quantitative estimate of drug-likeness (QED) is 0.589. The first-order chi connectivity index (χ1) is 13.5. The molecule has 0 spiro atoms. The van der Waals surface area contributed by atoms with Gasteiger partial charge in [0.15, 0.2) is 6.61 Å². The van der Waals surface area contributed by atoms with Crippen molar-refractivity contribution in [3.63, 3.8) is 0 Å². The maximum absolute atomic E-state index is 11.9. The van der Waals surface area contributed by atoms with E-state index in [0.717, 1.165) is 16.8 Å². The molecule has 1 aromatic carbocycles. The molecule has 1 fully saturated rings. The number of nitrogens with zero attached hydrogens (tertiary/aromatic N) is 2. The van der Waals surface area contributed by atoms with Crippen LogP contribution in [0.15, 0.2) is 36.4 Å². The van der Waals surface area contributed by atoms with Crippen molar-refractivity contribution in [3.05, 3.63) is 58.9 Å². The van der Waals surface area contributed by atoms with E-state index in [2.05, 4.69) is 28.9 Å². The van der Waals surface area contributed by atoms with E-state index in [1.807, 2.05) is 6.92 Å². The summed E-state index contributed by atoms with van der Waals surface area (Å²) in [6.07, 6.45) is 5.81. The molecule has 1 aliphatic carbocycles. The molecule has 0 bridgehead atoms. The van der Waals surface area contributed by atoms with Crippen molar-refractivity contribution in [2.24, 2.45) is 0 Å². The lowest BCUT2D eigenvalue weighted by molar-refractivity contribution is -0.142. The van der Waals surface area contributed by atoms with Crippen molar-refractivity contribution >= 4 is 23.6 Å².